The number of rotatable bonds is 0. The van der Waals surface area contributed by atoms with E-state index >= 15 is 0 Å². The lowest BCUT2D eigenvalue weighted by Crippen LogP contribution is -2.55. The van der Waals surface area contributed by atoms with E-state index in [4.69, 9.17) is 5.26 Å². The van der Waals surface area contributed by atoms with E-state index in [1.54, 1.807) is 0 Å². The Morgan fingerprint density at radius 2 is 2.07 bits per heavy atom. The fourth-order valence-corrected chi connectivity index (χ4v) is 1.90. The van der Waals surface area contributed by atoms with Gasteiger partial charge in [-0.15, -0.1) is 0 Å². The second kappa shape index (κ2) is 3.52. The van der Waals surface area contributed by atoms with E-state index in [0.717, 1.165) is 13.1 Å². The Balaban J connectivity index is 2.70. The van der Waals surface area contributed by atoms with Gasteiger partial charge in [-0.25, -0.2) is 0 Å². The van der Waals surface area contributed by atoms with Gasteiger partial charge in [0.25, 0.3) is 0 Å². The Hall–Kier alpha value is -0.590. The van der Waals surface area contributed by atoms with Crippen molar-refractivity contribution < 1.29 is 5.11 Å². The van der Waals surface area contributed by atoms with Crippen LogP contribution >= 0.6 is 0 Å². The Kier molecular flexibility index (Phi) is 2.89. The third-order valence-electron chi connectivity index (χ3n) is 3.21. The Bertz CT molecular complexity index is 251. The van der Waals surface area contributed by atoms with E-state index in [2.05, 4.69) is 25.7 Å². The average molecular weight is 196 g/mol. The molecule has 0 bridgehead atoms. The Labute approximate surface area is 86.3 Å². The zero-order valence-corrected chi connectivity index (χ0v) is 9.54. The third kappa shape index (κ3) is 2.08. The molecule has 0 aromatic carbocycles. The van der Waals surface area contributed by atoms with Crippen LogP contribution in [-0.2, 0) is 0 Å². The van der Waals surface area contributed by atoms with Crippen LogP contribution in [0.4, 0.5) is 0 Å². The van der Waals surface area contributed by atoms with Gasteiger partial charge in [0.15, 0.2) is 5.60 Å². The van der Waals surface area contributed by atoms with Crippen molar-refractivity contribution in [3.05, 3.63) is 0 Å². The van der Waals surface area contributed by atoms with Crippen LogP contribution in [0.1, 0.15) is 34.1 Å². The molecule has 3 heteroatoms. The predicted octanol–water partition coefficient (Wildman–Crippen LogP) is 1.38. The maximum absolute atomic E-state index is 9.94. The Morgan fingerprint density at radius 3 is 2.43 bits per heavy atom. The maximum Gasteiger partial charge on any atom is 0.156 e. The second-order valence-corrected chi connectivity index (χ2v) is 5.30. The fraction of sp³-hybridized carbons (Fsp3) is 0.909. The summed E-state index contributed by atoms with van der Waals surface area (Å²) in [6, 6.07) is 2.03. The number of piperidine rings is 1. The maximum atomic E-state index is 9.94. The third-order valence-corrected chi connectivity index (χ3v) is 3.21. The summed E-state index contributed by atoms with van der Waals surface area (Å²) in [6.07, 6.45) is 0.557. The first-order chi connectivity index (χ1) is 6.29. The van der Waals surface area contributed by atoms with Gasteiger partial charge >= 0.3 is 0 Å². The molecule has 1 aliphatic rings. The molecule has 3 nitrogen and oxygen atoms in total. The highest BCUT2D eigenvalue weighted by atomic mass is 16.3. The van der Waals surface area contributed by atoms with Gasteiger partial charge in [-0.2, -0.15) is 5.26 Å². The van der Waals surface area contributed by atoms with Gasteiger partial charge in [-0.1, -0.05) is 6.92 Å². The van der Waals surface area contributed by atoms with Crippen LogP contribution in [0.3, 0.4) is 0 Å². The van der Waals surface area contributed by atoms with Crippen molar-refractivity contribution in [3.63, 3.8) is 0 Å². The standard InChI is InChI=1S/C11H20N2O/c1-9-7-13(10(2,3)4)6-5-11(9,14)8-12/h9,14H,5-7H2,1-4H3/t9-,11-/m0/s1. The van der Waals surface area contributed by atoms with E-state index in [0.29, 0.717) is 6.42 Å². The minimum atomic E-state index is -1.11. The van der Waals surface area contributed by atoms with Crippen molar-refractivity contribution in [3.8, 4) is 6.07 Å². The van der Waals surface area contributed by atoms with E-state index < -0.39 is 5.60 Å². The zero-order valence-electron chi connectivity index (χ0n) is 9.54. The molecule has 14 heavy (non-hydrogen) atoms. The van der Waals surface area contributed by atoms with Crippen molar-refractivity contribution in [2.75, 3.05) is 13.1 Å². The molecular weight excluding hydrogens is 176 g/mol. The predicted molar refractivity (Wildman–Crippen MR) is 55.7 cm³/mol. The molecule has 80 valence electrons. The van der Waals surface area contributed by atoms with E-state index in [-0.39, 0.29) is 11.5 Å². The summed E-state index contributed by atoms with van der Waals surface area (Å²) in [6.45, 7) is 10.0. The fourth-order valence-electron chi connectivity index (χ4n) is 1.90. The first-order valence-electron chi connectivity index (χ1n) is 5.18. The smallest absolute Gasteiger partial charge is 0.156 e. The van der Waals surface area contributed by atoms with Crippen LogP contribution < -0.4 is 0 Å². The zero-order chi connectivity index (χ0) is 11.0. The molecule has 0 aromatic rings. The van der Waals surface area contributed by atoms with Gasteiger partial charge in [0, 0.05) is 31.0 Å². The summed E-state index contributed by atoms with van der Waals surface area (Å²) in [5.74, 6) is 0.0282. The van der Waals surface area contributed by atoms with Crippen molar-refractivity contribution in [1.29, 1.82) is 5.26 Å². The van der Waals surface area contributed by atoms with Gasteiger partial charge < -0.3 is 5.11 Å². The first-order valence-corrected chi connectivity index (χ1v) is 5.18. The lowest BCUT2D eigenvalue weighted by atomic mass is 9.82. The van der Waals surface area contributed by atoms with Gasteiger partial charge in [-0.05, 0) is 20.8 Å². The number of aliphatic hydroxyl groups is 1. The highest BCUT2D eigenvalue weighted by molar-refractivity contribution is 5.07. The molecule has 1 saturated heterocycles. The van der Waals surface area contributed by atoms with Crippen LogP contribution in [0.2, 0.25) is 0 Å². The van der Waals surface area contributed by atoms with E-state index in [1.165, 1.54) is 0 Å². The number of nitriles is 1. The summed E-state index contributed by atoms with van der Waals surface area (Å²) < 4.78 is 0. The summed E-state index contributed by atoms with van der Waals surface area (Å²) in [5.41, 5.74) is -0.979. The van der Waals surface area contributed by atoms with Crippen molar-refractivity contribution in [2.24, 2.45) is 5.92 Å². The molecule has 1 aliphatic heterocycles. The highest BCUT2D eigenvalue weighted by Gasteiger charge is 2.41. The van der Waals surface area contributed by atoms with Crippen LogP contribution in [0.5, 0.6) is 0 Å². The largest absolute Gasteiger partial charge is 0.375 e. The molecule has 1 fully saturated rings. The first kappa shape index (κ1) is 11.5. The molecule has 1 N–H and O–H groups in total. The van der Waals surface area contributed by atoms with Crippen molar-refractivity contribution in [1.82, 2.24) is 4.90 Å². The number of nitrogens with zero attached hydrogens (tertiary/aromatic N) is 2. The SMILES string of the molecule is C[C@H]1CN(C(C)(C)C)CC[C@]1(O)C#N. The number of likely N-dealkylation sites (tertiary alicyclic amines) is 1. The molecule has 2 atom stereocenters. The molecular formula is C11H20N2O. The number of hydrogen-bond donors (Lipinski definition) is 1. The lowest BCUT2D eigenvalue weighted by Gasteiger charge is -2.45. The van der Waals surface area contributed by atoms with Gasteiger partial charge in [-0.3, -0.25) is 4.90 Å². The van der Waals surface area contributed by atoms with Gasteiger partial charge in [0.2, 0.25) is 0 Å². The normalized spacial score (nSPS) is 35.3. The monoisotopic (exact) mass is 196 g/mol. The number of hydrogen-bond acceptors (Lipinski definition) is 3. The van der Waals surface area contributed by atoms with E-state index in [9.17, 15) is 5.11 Å². The van der Waals surface area contributed by atoms with Crippen LogP contribution in [0, 0.1) is 17.2 Å². The van der Waals surface area contributed by atoms with Crippen molar-refractivity contribution in [2.45, 2.75) is 45.3 Å². The molecule has 0 radical (unpaired) electrons. The molecule has 0 amide bonds. The summed E-state index contributed by atoms with van der Waals surface area (Å²) in [7, 11) is 0. The van der Waals surface area contributed by atoms with Gasteiger partial charge in [0.1, 0.15) is 0 Å². The summed E-state index contributed by atoms with van der Waals surface area (Å²) in [4.78, 5) is 2.32. The molecule has 0 spiro atoms. The highest BCUT2D eigenvalue weighted by Crippen LogP contribution is 2.30. The molecule has 1 heterocycles. The van der Waals surface area contributed by atoms with Crippen LogP contribution in [-0.4, -0.2) is 34.2 Å². The molecule has 0 saturated carbocycles. The lowest BCUT2D eigenvalue weighted by molar-refractivity contribution is -0.0454. The minimum absolute atomic E-state index is 0.0282. The van der Waals surface area contributed by atoms with E-state index in [1.807, 2.05) is 13.0 Å². The van der Waals surface area contributed by atoms with Crippen molar-refractivity contribution >= 4 is 0 Å². The quantitative estimate of drug-likeness (QED) is 0.595. The topological polar surface area (TPSA) is 47.3 Å². The average Bonchev–Trinajstić information content (AvgIpc) is 2.08. The van der Waals surface area contributed by atoms with Crippen LogP contribution in [0.25, 0.3) is 0 Å². The molecule has 0 unspecified atom stereocenters. The molecule has 0 aliphatic carbocycles. The minimum Gasteiger partial charge on any atom is -0.375 e. The summed E-state index contributed by atoms with van der Waals surface area (Å²) >= 11 is 0. The van der Waals surface area contributed by atoms with Gasteiger partial charge in [0.05, 0.1) is 6.07 Å². The molecule has 0 aromatic heterocycles. The van der Waals surface area contributed by atoms with Crippen LogP contribution in [0.15, 0.2) is 0 Å². The second-order valence-electron chi connectivity index (χ2n) is 5.30. The Morgan fingerprint density at radius 1 is 1.50 bits per heavy atom. The summed E-state index contributed by atoms with van der Waals surface area (Å²) in [5, 5.41) is 18.8. The molecule has 1 rings (SSSR count).